The molecule has 0 saturated heterocycles. The second kappa shape index (κ2) is 14.7. The maximum absolute atomic E-state index is 12.1. The van der Waals surface area contributed by atoms with Crippen molar-refractivity contribution in [1.82, 2.24) is 15.5 Å². The van der Waals surface area contributed by atoms with Crippen LogP contribution in [0.4, 0.5) is 0 Å². The minimum Gasteiger partial charge on any atom is -0.481 e. The number of aliphatic carboxylic acids is 1. The van der Waals surface area contributed by atoms with Gasteiger partial charge in [-0.05, 0) is 32.1 Å². The van der Waals surface area contributed by atoms with Crippen molar-refractivity contribution in [2.75, 3.05) is 20.2 Å². The highest BCUT2D eigenvalue weighted by atomic mass is 16.5. The molecular formula is C21H31N3O8. The van der Waals surface area contributed by atoms with Gasteiger partial charge in [-0.25, -0.2) is 4.79 Å². The maximum atomic E-state index is 12.1. The number of unbranched alkanes of at least 4 members (excludes halogenated alkanes) is 3. The summed E-state index contributed by atoms with van der Waals surface area (Å²) >= 11 is 0. The van der Waals surface area contributed by atoms with Gasteiger partial charge >= 0.3 is 11.9 Å². The number of methoxy groups -OCH3 is 1. The molecule has 0 aromatic carbocycles. The molecule has 11 heteroatoms. The van der Waals surface area contributed by atoms with Crippen molar-refractivity contribution in [2.24, 2.45) is 0 Å². The summed E-state index contributed by atoms with van der Waals surface area (Å²) in [6, 6.07) is -0.791. The Labute approximate surface area is 186 Å². The van der Waals surface area contributed by atoms with Crippen LogP contribution in [0.3, 0.4) is 0 Å². The van der Waals surface area contributed by atoms with Crippen molar-refractivity contribution in [3.8, 4) is 0 Å². The fourth-order valence-corrected chi connectivity index (χ4v) is 3.05. The molecule has 1 atom stereocenters. The highest BCUT2D eigenvalue weighted by Crippen LogP contribution is 2.09. The first-order valence-corrected chi connectivity index (χ1v) is 10.6. The van der Waals surface area contributed by atoms with Gasteiger partial charge in [0, 0.05) is 38.1 Å². The minimum atomic E-state index is -1.04. The predicted octanol–water partition coefficient (Wildman–Crippen LogP) is 0.281. The van der Waals surface area contributed by atoms with Crippen molar-refractivity contribution in [2.45, 2.75) is 63.8 Å². The number of carboxylic acids is 1. The molecule has 3 N–H and O–H groups in total. The van der Waals surface area contributed by atoms with Crippen LogP contribution in [0.15, 0.2) is 12.2 Å². The average Bonchev–Trinajstić information content (AvgIpc) is 3.07. The molecule has 178 valence electrons. The van der Waals surface area contributed by atoms with Crippen LogP contribution in [0.25, 0.3) is 0 Å². The lowest BCUT2D eigenvalue weighted by atomic mass is 10.1. The Morgan fingerprint density at radius 1 is 0.938 bits per heavy atom. The van der Waals surface area contributed by atoms with Gasteiger partial charge in [0.05, 0.1) is 13.5 Å². The molecule has 32 heavy (non-hydrogen) atoms. The third kappa shape index (κ3) is 10.7. The highest BCUT2D eigenvalue weighted by molar-refractivity contribution is 6.12. The zero-order valence-electron chi connectivity index (χ0n) is 18.3. The van der Waals surface area contributed by atoms with Gasteiger partial charge in [-0.1, -0.05) is 6.42 Å². The molecule has 1 aliphatic rings. The van der Waals surface area contributed by atoms with E-state index in [0.717, 1.165) is 4.90 Å². The average molecular weight is 453 g/mol. The van der Waals surface area contributed by atoms with Gasteiger partial charge in [0.25, 0.3) is 11.8 Å². The SMILES string of the molecule is COC(=O)C(CCCCNC(=O)CCC(=O)O)NC(=O)CCCCCN1C(=O)C=CC1=O. The molecule has 11 nitrogen and oxygen atoms in total. The lowest BCUT2D eigenvalue weighted by Crippen LogP contribution is -2.41. The fourth-order valence-electron chi connectivity index (χ4n) is 3.05. The van der Waals surface area contributed by atoms with Crippen molar-refractivity contribution in [3.63, 3.8) is 0 Å². The first-order chi connectivity index (χ1) is 15.2. The lowest BCUT2D eigenvalue weighted by molar-refractivity contribution is -0.145. The summed E-state index contributed by atoms with van der Waals surface area (Å²) in [5.74, 6) is -2.88. The van der Waals surface area contributed by atoms with Crippen molar-refractivity contribution < 1.29 is 38.6 Å². The number of nitrogens with one attached hydrogen (secondary N) is 2. The second-order valence-corrected chi connectivity index (χ2v) is 7.35. The molecule has 0 spiro atoms. The third-order valence-corrected chi connectivity index (χ3v) is 4.81. The van der Waals surface area contributed by atoms with E-state index in [1.807, 2.05) is 0 Å². The fraction of sp³-hybridized carbons (Fsp3) is 0.619. The van der Waals surface area contributed by atoms with Crippen LogP contribution in [0, 0.1) is 0 Å². The van der Waals surface area contributed by atoms with Crippen LogP contribution in [0.2, 0.25) is 0 Å². The zero-order chi connectivity index (χ0) is 23.9. The number of ether oxygens (including phenoxy) is 1. The third-order valence-electron chi connectivity index (χ3n) is 4.81. The molecule has 1 aliphatic heterocycles. The smallest absolute Gasteiger partial charge is 0.328 e. The summed E-state index contributed by atoms with van der Waals surface area (Å²) in [5.41, 5.74) is 0. The van der Waals surface area contributed by atoms with E-state index in [0.29, 0.717) is 51.6 Å². The Balaban J connectivity index is 2.21. The molecule has 4 amide bonds. The van der Waals surface area contributed by atoms with E-state index in [2.05, 4.69) is 10.6 Å². The Morgan fingerprint density at radius 3 is 2.25 bits per heavy atom. The Hall–Kier alpha value is -3.24. The molecule has 0 aliphatic carbocycles. The lowest BCUT2D eigenvalue weighted by Gasteiger charge is -2.17. The van der Waals surface area contributed by atoms with Crippen LogP contribution in [-0.4, -0.2) is 71.8 Å². The number of esters is 1. The molecule has 0 aromatic rings. The van der Waals surface area contributed by atoms with Gasteiger partial charge in [0.15, 0.2) is 0 Å². The molecule has 1 heterocycles. The van der Waals surface area contributed by atoms with E-state index in [1.165, 1.54) is 19.3 Å². The van der Waals surface area contributed by atoms with Gasteiger partial charge in [-0.3, -0.25) is 28.9 Å². The molecule has 0 saturated carbocycles. The predicted molar refractivity (Wildman–Crippen MR) is 112 cm³/mol. The molecule has 1 rings (SSSR count). The summed E-state index contributed by atoms with van der Waals surface area (Å²) in [6.45, 7) is 0.655. The van der Waals surface area contributed by atoms with E-state index in [4.69, 9.17) is 9.84 Å². The van der Waals surface area contributed by atoms with Gasteiger partial charge in [0.1, 0.15) is 6.04 Å². The normalized spacial score (nSPS) is 13.7. The van der Waals surface area contributed by atoms with E-state index in [1.54, 1.807) is 0 Å². The number of nitrogens with zero attached hydrogens (tertiary/aromatic N) is 1. The number of hydrogen-bond donors (Lipinski definition) is 3. The van der Waals surface area contributed by atoms with E-state index >= 15 is 0 Å². The number of amides is 4. The number of carbonyl (C=O) groups is 6. The summed E-state index contributed by atoms with van der Waals surface area (Å²) in [7, 11) is 1.24. The van der Waals surface area contributed by atoms with Crippen molar-refractivity contribution in [3.05, 3.63) is 12.2 Å². The Kier molecular flexibility index (Phi) is 12.3. The second-order valence-electron chi connectivity index (χ2n) is 7.35. The largest absolute Gasteiger partial charge is 0.481 e. The monoisotopic (exact) mass is 453 g/mol. The summed E-state index contributed by atoms with van der Waals surface area (Å²) < 4.78 is 4.73. The molecule has 0 fully saturated rings. The Morgan fingerprint density at radius 2 is 1.62 bits per heavy atom. The maximum Gasteiger partial charge on any atom is 0.328 e. The van der Waals surface area contributed by atoms with Gasteiger partial charge in [-0.15, -0.1) is 0 Å². The van der Waals surface area contributed by atoms with E-state index in [-0.39, 0.29) is 42.9 Å². The summed E-state index contributed by atoms with van der Waals surface area (Å²) in [5, 5.41) is 13.8. The van der Waals surface area contributed by atoms with Crippen LogP contribution in [0.5, 0.6) is 0 Å². The first kappa shape index (κ1) is 26.8. The molecular weight excluding hydrogens is 422 g/mol. The topological polar surface area (TPSA) is 159 Å². The van der Waals surface area contributed by atoms with Crippen LogP contribution < -0.4 is 10.6 Å². The number of imide groups is 1. The van der Waals surface area contributed by atoms with Gasteiger partial charge in [-0.2, -0.15) is 0 Å². The molecule has 0 radical (unpaired) electrons. The van der Waals surface area contributed by atoms with E-state index in [9.17, 15) is 28.8 Å². The number of rotatable bonds is 16. The van der Waals surface area contributed by atoms with Crippen LogP contribution in [-0.2, 0) is 33.5 Å². The summed E-state index contributed by atoms with van der Waals surface area (Å²) in [6.07, 6.45) is 5.59. The standard InChI is InChI=1S/C21H31N3O8/c1-32-21(31)15(7-4-5-13-22-16(25)9-12-20(29)30)23-17(26)8-3-2-6-14-24-18(27)10-11-19(24)28/h10-11,15H,2-9,12-14H2,1H3,(H,22,25)(H,23,26)(H,29,30). The molecule has 0 aromatic heterocycles. The molecule has 1 unspecified atom stereocenters. The Bertz CT molecular complexity index is 717. The quantitative estimate of drug-likeness (QED) is 0.171. The highest BCUT2D eigenvalue weighted by Gasteiger charge is 2.23. The van der Waals surface area contributed by atoms with Crippen molar-refractivity contribution >= 4 is 35.6 Å². The zero-order valence-corrected chi connectivity index (χ0v) is 18.3. The van der Waals surface area contributed by atoms with Crippen LogP contribution in [0.1, 0.15) is 57.8 Å². The van der Waals surface area contributed by atoms with Gasteiger partial charge in [0.2, 0.25) is 11.8 Å². The molecule has 0 bridgehead atoms. The van der Waals surface area contributed by atoms with Gasteiger partial charge < -0.3 is 20.5 Å². The van der Waals surface area contributed by atoms with E-state index < -0.39 is 18.0 Å². The number of carbonyl (C=O) groups excluding carboxylic acids is 5. The van der Waals surface area contributed by atoms with Crippen molar-refractivity contribution in [1.29, 1.82) is 0 Å². The number of carboxylic acid groups (broad SMARTS) is 1. The van der Waals surface area contributed by atoms with Crippen LogP contribution >= 0.6 is 0 Å². The summed E-state index contributed by atoms with van der Waals surface area (Å²) in [4.78, 5) is 70.0. The first-order valence-electron chi connectivity index (χ1n) is 10.6. The number of hydrogen-bond acceptors (Lipinski definition) is 7. The minimum absolute atomic E-state index is 0.0856.